The molecule has 4 aromatic rings. The summed E-state index contributed by atoms with van der Waals surface area (Å²) >= 11 is 0. The van der Waals surface area contributed by atoms with Gasteiger partial charge in [-0.1, -0.05) is 18.2 Å². The van der Waals surface area contributed by atoms with E-state index in [0.29, 0.717) is 33.9 Å². The van der Waals surface area contributed by atoms with Gasteiger partial charge in [-0.2, -0.15) is 16.8 Å². The predicted molar refractivity (Wildman–Crippen MR) is 142 cm³/mol. The van der Waals surface area contributed by atoms with Crippen LogP contribution in [0.1, 0.15) is 21.7 Å². The van der Waals surface area contributed by atoms with Gasteiger partial charge in [-0.25, -0.2) is 0 Å². The molecular weight excluding hydrogens is 634 g/mol. The number of carbonyl (C=O) groups excluding carboxylic acids is 1. The normalized spacial score (nSPS) is 11.7. The second kappa shape index (κ2) is 11.8. The van der Waals surface area contributed by atoms with Gasteiger partial charge in [-0.15, -0.1) is 0 Å². The van der Waals surface area contributed by atoms with Crippen LogP contribution in [0.15, 0.2) is 64.4 Å². The summed E-state index contributed by atoms with van der Waals surface area (Å²) < 4.78 is 67.6. The second-order valence-corrected chi connectivity index (χ2v) is 11.4. The highest BCUT2D eigenvalue weighted by Crippen LogP contribution is 2.31. The number of aromatic nitrogens is 4. The van der Waals surface area contributed by atoms with Crippen molar-refractivity contribution in [2.75, 3.05) is 5.32 Å². The fourth-order valence-electron chi connectivity index (χ4n) is 3.92. The molecule has 0 saturated carbocycles. The minimum atomic E-state index is -5.32. The number of nitrogens with one attached hydrogen (secondary N) is 1. The van der Waals surface area contributed by atoms with E-state index in [2.05, 4.69) is 15.5 Å². The molecular formula is C22H18N7O13S2+. The van der Waals surface area contributed by atoms with Crippen LogP contribution >= 0.6 is 0 Å². The molecule has 0 unspecified atom stereocenters. The maximum absolute atomic E-state index is 13.1. The lowest BCUT2D eigenvalue weighted by Gasteiger charge is -2.10. The van der Waals surface area contributed by atoms with Crippen LogP contribution in [0.5, 0.6) is 0 Å². The Balaban J connectivity index is 2.11. The van der Waals surface area contributed by atoms with Crippen molar-refractivity contribution in [3.8, 4) is 11.4 Å². The van der Waals surface area contributed by atoms with Gasteiger partial charge < -0.3 is 15.5 Å². The fourth-order valence-corrected chi connectivity index (χ4v) is 5.24. The molecule has 22 heteroatoms. The number of hydrogen-bond donors (Lipinski definition) is 5. The van der Waals surface area contributed by atoms with Gasteiger partial charge >= 0.3 is 32.0 Å². The Hall–Kier alpha value is -5.26. The highest BCUT2D eigenvalue weighted by molar-refractivity contribution is 7.86. The zero-order chi connectivity index (χ0) is 32.6. The minimum absolute atomic E-state index is 0.250. The lowest BCUT2D eigenvalue weighted by Crippen LogP contribution is -2.45. The van der Waals surface area contributed by atoms with Gasteiger partial charge in [0.15, 0.2) is 15.5 Å². The number of para-hydroxylation sites is 1. The Bertz CT molecular complexity index is 1930. The van der Waals surface area contributed by atoms with Crippen molar-refractivity contribution in [2.24, 2.45) is 0 Å². The molecule has 0 aliphatic heterocycles. The molecule has 0 spiro atoms. The van der Waals surface area contributed by atoms with Crippen molar-refractivity contribution in [3.05, 3.63) is 91.8 Å². The third-order valence-electron chi connectivity index (χ3n) is 5.83. The maximum atomic E-state index is 13.1. The first-order valence-corrected chi connectivity index (χ1v) is 14.5. The SMILES string of the molecule is O=C(Nc1ccccc1)c1nn(-c2cc(S(=O)(=O)O)c([N+](=O)[O-])cc2CO)[n+](-c2cc(S(=O)(=O)O)c([N+](=O)[O-])cc2CO)n1. The number of aliphatic hydroxyl groups excluding tert-OH is 2. The van der Waals surface area contributed by atoms with Gasteiger partial charge in [0.25, 0.3) is 11.4 Å². The molecule has 0 saturated heterocycles. The van der Waals surface area contributed by atoms with E-state index in [-0.39, 0.29) is 5.69 Å². The third-order valence-corrected chi connectivity index (χ3v) is 7.60. The summed E-state index contributed by atoms with van der Waals surface area (Å²) in [6.45, 7) is -2.06. The van der Waals surface area contributed by atoms with Crippen LogP contribution in [-0.2, 0) is 33.5 Å². The molecule has 1 heterocycles. The van der Waals surface area contributed by atoms with Gasteiger partial charge in [0, 0.05) is 44.9 Å². The molecule has 0 atom stereocenters. The summed E-state index contributed by atoms with van der Waals surface area (Å²) in [6, 6.07) is 9.90. The standard InChI is InChI=1S/C22H17N7O13S2/c30-10-12-6-17(28(33)34)19(43(37,38)39)8-15(12)26-24-21(22(32)23-14-4-2-1-3-5-14)25-27(26)16-9-20(44(40,41)42)18(29(35)36)7-13(16)11-31/h1-9,30-31H,10-11H2,(H2-,23,32,37,38,39,40,41,42)/p+1. The number of carbonyl (C=O) groups is 1. The van der Waals surface area contributed by atoms with Gasteiger partial charge in [-0.3, -0.25) is 34.1 Å². The molecule has 20 nitrogen and oxygen atoms in total. The molecule has 0 aliphatic rings. The zero-order valence-electron chi connectivity index (χ0n) is 21.6. The highest BCUT2D eigenvalue weighted by atomic mass is 32.2. The summed E-state index contributed by atoms with van der Waals surface area (Å²) in [7, 11) is -10.6. The molecule has 1 aromatic heterocycles. The average molecular weight is 653 g/mol. The number of tetrazole rings is 1. The molecule has 0 aliphatic carbocycles. The van der Waals surface area contributed by atoms with E-state index < -0.39 is 98.7 Å². The Morgan fingerprint density at radius 2 is 1.39 bits per heavy atom. The lowest BCUT2D eigenvalue weighted by atomic mass is 10.1. The number of rotatable bonds is 10. The quantitative estimate of drug-likeness (QED) is 0.0656. The summed E-state index contributed by atoms with van der Waals surface area (Å²) in [5.41, 5.74) is -4.08. The first-order valence-electron chi connectivity index (χ1n) is 11.6. The van der Waals surface area contributed by atoms with Crippen molar-refractivity contribution in [1.82, 2.24) is 15.0 Å². The highest BCUT2D eigenvalue weighted by Gasteiger charge is 2.36. The number of anilines is 1. The van der Waals surface area contributed by atoms with Gasteiger partial charge in [-0.05, 0) is 23.0 Å². The van der Waals surface area contributed by atoms with E-state index in [1.165, 1.54) is 12.1 Å². The topological polar surface area (TPSA) is 299 Å². The number of nitro groups is 2. The molecule has 0 bridgehead atoms. The summed E-state index contributed by atoms with van der Waals surface area (Å²) in [5, 5.41) is 53.4. The zero-order valence-corrected chi connectivity index (χ0v) is 23.2. The monoisotopic (exact) mass is 652 g/mol. The second-order valence-electron chi connectivity index (χ2n) is 8.60. The number of amides is 1. The molecule has 44 heavy (non-hydrogen) atoms. The van der Waals surface area contributed by atoms with Crippen LogP contribution in [0.2, 0.25) is 0 Å². The Morgan fingerprint density at radius 3 is 1.89 bits per heavy atom. The van der Waals surface area contributed by atoms with E-state index in [0.717, 1.165) is 0 Å². The molecule has 5 N–H and O–H groups in total. The summed E-state index contributed by atoms with van der Waals surface area (Å²) in [5.74, 6) is -1.76. The van der Waals surface area contributed by atoms with Crippen molar-refractivity contribution < 1.29 is 55.6 Å². The Morgan fingerprint density at radius 1 is 0.864 bits per heavy atom. The number of hydrogen-bond acceptors (Lipinski definition) is 13. The number of benzene rings is 3. The maximum Gasteiger partial charge on any atom is 0.397 e. The molecule has 4 rings (SSSR count). The Labute approximate surface area is 245 Å². The molecule has 3 aromatic carbocycles. The van der Waals surface area contributed by atoms with E-state index in [9.17, 15) is 61.2 Å². The van der Waals surface area contributed by atoms with Crippen molar-refractivity contribution >= 4 is 43.2 Å². The first-order chi connectivity index (χ1) is 20.6. The van der Waals surface area contributed by atoms with Crippen LogP contribution in [0, 0.1) is 20.2 Å². The molecule has 0 radical (unpaired) electrons. The van der Waals surface area contributed by atoms with Crippen LogP contribution in [-0.4, -0.2) is 66.9 Å². The van der Waals surface area contributed by atoms with Crippen molar-refractivity contribution in [2.45, 2.75) is 23.0 Å². The first kappa shape index (κ1) is 31.7. The van der Waals surface area contributed by atoms with E-state index in [4.69, 9.17) is 0 Å². The van der Waals surface area contributed by atoms with Gasteiger partial charge in [0.1, 0.15) is 5.69 Å². The molecule has 1 amide bonds. The molecule has 230 valence electrons. The van der Waals surface area contributed by atoms with E-state index in [1.807, 2.05) is 0 Å². The fraction of sp³-hybridized carbons (Fsp3) is 0.0909. The van der Waals surface area contributed by atoms with Crippen LogP contribution in [0.4, 0.5) is 17.1 Å². The predicted octanol–water partition coefficient (Wildman–Crippen LogP) is 0.0907. The Kier molecular flexibility index (Phi) is 8.48. The third kappa shape index (κ3) is 6.24. The minimum Gasteiger partial charge on any atom is -0.392 e. The number of aliphatic hydroxyl groups is 2. The number of nitro benzene ring substituents is 2. The van der Waals surface area contributed by atoms with Crippen LogP contribution < -0.4 is 10.1 Å². The van der Waals surface area contributed by atoms with Gasteiger partial charge in [0.05, 0.1) is 28.2 Å². The largest absolute Gasteiger partial charge is 0.397 e. The van der Waals surface area contributed by atoms with Crippen LogP contribution in [0.25, 0.3) is 11.4 Å². The lowest BCUT2D eigenvalue weighted by molar-refractivity contribution is -0.735. The summed E-state index contributed by atoms with van der Waals surface area (Å²) in [4.78, 5) is 32.3. The molecule has 0 fully saturated rings. The van der Waals surface area contributed by atoms with Gasteiger partial charge in [0.2, 0.25) is 0 Å². The average Bonchev–Trinajstić information content (AvgIpc) is 3.40. The van der Waals surface area contributed by atoms with Crippen LogP contribution in [0.3, 0.4) is 0 Å². The van der Waals surface area contributed by atoms with E-state index >= 15 is 0 Å². The number of nitrogens with zero attached hydrogens (tertiary/aromatic N) is 6. The van der Waals surface area contributed by atoms with Crippen molar-refractivity contribution in [3.63, 3.8) is 0 Å². The van der Waals surface area contributed by atoms with E-state index in [1.54, 1.807) is 18.2 Å². The smallest absolute Gasteiger partial charge is 0.392 e. The van der Waals surface area contributed by atoms with Crippen molar-refractivity contribution in [1.29, 1.82) is 0 Å². The summed E-state index contributed by atoms with van der Waals surface area (Å²) in [6.07, 6.45) is 0.